The molecule has 5 aromatic rings. The monoisotopic (exact) mass is 772 g/mol. The van der Waals surface area contributed by atoms with Gasteiger partial charge in [-0.1, -0.05) is 41.4 Å². The van der Waals surface area contributed by atoms with Gasteiger partial charge in [0.15, 0.2) is 11.4 Å². The van der Waals surface area contributed by atoms with E-state index in [1.54, 1.807) is 31.5 Å². The fourth-order valence-corrected chi connectivity index (χ4v) is 7.26. The van der Waals surface area contributed by atoms with E-state index in [0.29, 0.717) is 93.0 Å². The van der Waals surface area contributed by atoms with Crippen LogP contribution in [0.5, 0.6) is 11.6 Å². The molecule has 2 atom stereocenters. The third-order valence-electron chi connectivity index (χ3n) is 9.37. The van der Waals surface area contributed by atoms with E-state index >= 15 is 0 Å². The molecule has 1 aromatic carbocycles. The van der Waals surface area contributed by atoms with Gasteiger partial charge in [-0.05, 0) is 37.1 Å². The van der Waals surface area contributed by atoms with E-state index in [1.807, 2.05) is 41.1 Å². The van der Waals surface area contributed by atoms with Crippen molar-refractivity contribution in [2.24, 2.45) is 0 Å². The quantitative estimate of drug-likeness (QED) is 0.123. The van der Waals surface area contributed by atoms with Crippen molar-refractivity contribution in [3.63, 3.8) is 0 Å². The van der Waals surface area contributed by atoms with Crippen molar-refractivity contribution in [2.75, 3.05) is 27.3 Å². The first kappa shape index (κ1) is 36.9. The van der Waals surface area contributed by atoms with Gasteiger partial charge in [-0.2, -0.15) is 0 Å². The van der Waals surface area contributed by atoms with E-state index in [0.717, 1.165) is 12.1 Å². The molecule has 0 bridgehead atoms. The first-order valence-electron chi connectivity index (χ1n) is 17.4. The lowest BCUT2D eigenvalue weighted by molar-refractivity contribution is -0.120. The smallest absolute Gasteiger partial charge is 0.407 e. The molecule has 4 aromatic heterocycles. The number of carbonyl (C=O) groups is 3. The molecule has 0 aliphatic carbocycles. The van der Waals surface area contributed by atoms with Crippen molar-refractivity contribution >= 4 is 46.8 Å². The Morgan fingerprint density at radius 2 is 1.65 bits per heavy atom. The second-order valence-electron chi connectivity index (χ2n) is 13.0. The summed E-state index contributed by atoms with van der Waals surface area (Å²) in [5.41, 5.74) is 5.80. The van der Waals surface area contributed by atoms with Crippen LogP contribution >= 0.6 is 23.2 Å². The molecule has 0 radical (unpaired) electrons. The zero-order valence-electron chi connectivity index (χ0n) is 29.6. The first-order chi connectivity index (χ1) is 26.2. The maximum absolute atomic E-state index is 12.3. The number of nitrogens with zero attached hydrogens (tertiary/aromatic N) is 4. The number of pyridine rings is 3. The predicted octanol–water partition coefficient (Wildman–Crippen LogP) is 5.32. The molecule has 4 N–H and O–H groups in total. The molecule has 0 unspecified atom stereocenters. The van der Waals surface area contributed by atoms with E-state index in [-0.39, 0.29) is 42.9 Å². The van der Waals surface area contributed by atoms with E-state index < -0.39 is 6.09 Å². The van der Waals surface area contributed by atoms with Crippen LogP contribution in [0, 0.1) is 0 Å². The van der Waals surface area contributed by atoms with E-state index in [1.165, 1.54) is 7.11 Å². The minimum absolute atomic E-state index is 0.0247. The number of rotatable bonds is 13. The van der Waals surface area contributed by atoms with Crippen LogP contribution in [0.1, 0.15) is 36.9 Å². The molecule has 2 aliphatic rings. The van der Waals surface area contributed by atoms with Gasteiger partial charge < -0.3 is 39.9 Å². The molecule has 54 heavy (non-hydrogen) atoms. The van der Waals surface area contributed by atoms with Crippen LogP contribution in [0.15, 0.2) is 61.1 Å². The van der Waals surface area contributed by atoms with Crippen molar-refractivity contribution < 1.29 is 28.6 Å². The van der Waals surface area contributed by atoms with Gasteiger partial charge in [-0.25, -0.2) is 14.8 Å². The molecular formula is C38H38Cl2N8O6. The number of halogens is 2. The van der Waals surface area contributed by atoms with Gasteiger partial charge in [0.25, 0.3) is 0 Å². The fourth-order valence-electron chi connectivity index (χ4n) is 6.62. The summed E-state index contributed by atoms with van der Waals surface area (Å²) < 4.78 is 18.5. The molecule has 6 heterocycles. The minimum Gasteiger partial charge on any atom is -0.493 e. The van der Waals surface area contributed by atoms with Crippen LogP contribution in [0.25, 0.3) is 39.3 Å². The number of hydrogen-bond acceptors (Lipinski definition) is 10. The summed E-state index contributed by atoms with van der Waals surface area (Å²) in [6, 6.07) is 12.8. The molecule has 16 heteroatoms. The summed E-state index contributed by atoms with van der Waals surface area (Å²) in [4.78, 5) is 49.3. The highest BCUT2D eigenvalue weighted by atomic mass is 35.5. The van der Waals surface area contributed by atoms with Crippen molar-refractivity contribution in [1.82, 2.24) is 40.6 Å². The van der Waals surface area contributed by atoms with E-state index in [4.69, 9.17) is 42.4 Å². The normalized spacial score (nSPS) is 16.7. The van der Waals surface area contributed by atoms with Crippen molar-refractivity contribution in [1.29, 1.82) is 0 Å². The van der Waals surface area contributed by atoms with Crippen LogP contribution in [0.4, 0.5) is 4.79 Å². The van der Waals surface area contributed by atoms with Gasteiger partial charge in [-0.15, -0.1) is 0 Å². The Hall–Kier alpha value is -5.44. The summed E-state index contributed by atoms with van der Waals surface area (Å²) in [6.45, 7) is 1.40. The highest BCUT2D eigenvalue weighted by Gasteiger charge is 2.23. The van der Waals surface area contributed by atoms with Crippen LogP contribution in [0.2, 0.25) is 10.0 Å². The number of hydrogen-bond donors (Lipinski definition) is 4. The molecule has 3 amide bonds. The van der Waals surface area contributed by atoms with Gasteiger partial charge in [0.05, 0.1) is 46.9 Å². The number of alkyl carbamates (subject to hydrolysis) is 1. The number of methoxy groups -OCH3 is 2. The standard InChI is InChI=1S/C38H38Cl2N8O6/c1-52-30-14-22(18-48-19-25(46-36(30)48)16-41-15-23-7-10-31(49)44-23)35-34(40)27(12-13-42-35)26-4-3-5-28(33(26)39)29-9-6-21(37(47-29)53-2)20-54-38(51)43-17-24-8-11-32(50)45-24/h3-6,9,12-14,18-19,23-24,41H,7-8,10-11,15-17,20H2,1-2H3,(H,43,51)(H,44,49)(H,45,50)/t23-,24-/m0/s1. The van der Waals surface area contributed by atoms with Crippen LogP contribution in [-0.4, -0.2) is 76.7 Å². The molecular weight excluding hydrogens is 735 g/mol. The molecule has 2 saturated heterocycles. The van der Waals surface area contributed by atoms with Crippen LogP contribution in [-0.2, 0) is 27.5 Å². The second-order valence-corrected chi connectivity index (χ2v) is 13.8. The predicted molar refractivity (Wildman–Crippen MR) is 202 cm³/mol. The highest BCUT2D eigenvalue weighted by Crippen LogP contribution is 2.42. The van der Waals surface area contributed by atoms with Crippen molar-refractivity contribution in [3.05, 3.63) is 82.4 Å². The van der Waals surface area contributed by atoms with Gasteiger partial charge in [0.1, 0.15) is 6.61 Å². The average molecular weight is 774 g/mol. The molecule has 0 spiro atoms. The third-order valence-corrected chi connectivity index (χ3v) is 10.2. The largest absolute Gasteiger partial charge is 0.493 e. The number of nitrogens with one attached hydrogen (secondary N) is 4. The van der Waals surface area contributed by atoms with Gasteiger partial charge >= 0.3 is 6.09 Å². The topological polar surface area (TPSA) is 170 Å². The molecule has 14 nitrogen and oxygen atoms in total. The minimum atomic E-state index is -0.611. The van der Waals surface area contributed by atoms with Crippen LogP contribution < -0.4 is 30.7 Å². The third kappa shape index (κ3) is 8.05. The molecule has 0 saturated carbocycles. The summed E-state index contributed by atoms with van der Waals surface area (Å²) in [5, 5.41) is 12.6. The highest BCUT2D eigenvalue weighted by molar-refractivity contribution is 6.39. The Morgan fingerprint density at radius 3 is 2.37 bits per heavy atom. The molecule has 2 fully saturated rings. The number of aromatic nitrogens is 4. The number of imidazole rings is 1. The summed E-state index contributed by atoms with van der Waals surface area (Å²) >= 11 is 14.2. The maximum atomic E-state index is 12.3. The number of carbonyl (C=O) groups excluding carboxylic acids is 3. The Balaban J connectivity index is 1.09. The van der Waals surface area contributed by atoms with Crippen molar-refractivity contribution in [2.45, 2.75) is 50.9 Å². The summed E-state index contributed by atoms with van der Waals surface area (Å²) in [6.07, 6.45) is 7.39. The van der Waals surface area contributed by atoms with Gasteiger partial charge in [0, 0.05) is 85.4 Å². The molecule has 280 valence electrons. The lowest BCUT2D eigenvalue weighted by Gasteiger charge is -2.15. The van der Waals surface area contributed by atoms with Gasteiger partial charge in [-0.3, -0.25) is 14.6 Å². The molecule has 7 rings (SSSR count). The Labute approximate surface area is 320 Å². The Bertz CT molecular complexity index is 2230. The van der Waals surface area contributed by atoms with Gasteiger partial charge in [0.2, 0.25) is 17.7 Å². The fraction of sp³-hybridized carbons (Fsp3) is 0.316. The summed E-state index contributed by atoms with van der Waals surface area (Å²) in [5.74, 6) is 0.892. The Morgan fingerprint density at radius 1 is 0.907 bits per heavy atom. The summed E-state index contributed by atoms with van der Waals surface area (Å²) in [7, 11) is 3.08. The van der Waals surface area contributed by atoms with Crippen molar-refractivity contribution in [3.8, 4) is 45.3 Å². The molecule has 2 aliphatic heterocycles. The van der Waals surface area contributed by atoms with E-state index in [2.05, 4.69) is 31.2 Å². The SMILES string of the molecule is COc1nc(-c2cccc(-c3ccnc(-c4cc(OC)c5nc(CNC[C@@H]6CCC(=O)N6)cn5c4)c3Cl)c2Cl)ccc1COC(=O)NC[C@@H]1CCC(=O)N1. The van der Waals surface area contributed by atoms with Crippen LogP contribution in [0.3, 0.4) is 0 Å². The lowest BCUT2D eigenvalue weighted by atomic mass is 10.00. The van der Waals surface area contributed by atoms with E-state index in [9.17, 15) is 14.4 Å². The first-order valence-corrected chi connectivity index (χ1v) is 18.2. The number of fused-ring (bicyclic) bond motifs is 1. The Kier molecular flexibility index (Phi) is 11.1. The number of ether oxygens (including phenoxy) is 3. The second kappa shape index (κ2) is 16.3. The zero-order valence-corrected chi connectivity index (χ0v) is 31.1. The average Bonchev–Trinajstić information content (AvgIpc) is 3.92. The maximum Gasteiger partial charge on any atom is 0.407 e. The zero-order chi connectivity index (χ0) is 37.8. The number of amides is 3. The lowest BCUT2D eigenvalue weighted by Crippen LogP contribution is -2.38. The number of benzene rings is 1.